The average molecular weight is 349 g/mol. The van der Waals surface area contributed by atoms with Crippen LogP contribution in [0.15, 0.2) is 59.1 Å². The number of aromatic nitrogens is 2. The molecule has 0 aliphatic rings. The van der Waals surface area contributed by atoms with E-state index in [1.165, 1.54) is 0 Å². The molecule has 1 aromatic heterocycles. The molecule has 0 radical (unpaired) electrons. The Kier molecular flexibility index (Phi) is 5.43. The summed E-state index contributed by atoms with van der Waals surface area (Å²) in [7, 11) is 1.63. The molecule has 0 aliphatic heterocycles. The second-order valence-electron chi connectivity index (χ2n) is 5.66. The van der Waals surface area contributed by atoms with E-state index in [0.29, 0.717) is 17.3 Å². The van der Waals surface area contributed by atoms with Gasteiger partial charge in [-0.3, -0.25) is 4.79 Å². The van der Waals surface area contributed by atoms with Gasteiger partial charge in [0.15, 0.2) is 5.82 Å². The number of benzene rings is 2. The van der Waals surface area contributed by atoms with Crippen LogP contribution in [0.3, 0.4) is 0 Å². The molecule has 0 saturated carbocycles. The second kappa shape index (κ2) is 8.11. The van der Waals surface area contributed by atoms with Gasteiger partial charge in [-0.2, -0.15) is 4.98 Å². The summed E-state index contributed by atoms with van der Waals surface area (Å²) in [4.78, 5) is 16.3. The number of carbonyl (C=O) groups excluding carboxylic acids is 1. The fraction of sp³-hybridized carbons (Fsp3) is 0.150. The predicted molar refractivity (Wildman–Crippen MR) is 98.4 cm³/mol. The Balaban J connectivity index is 1.64. The molecule has 0 saturated heterocycles. The molecule has 0 spiro atoms. The molecule has 132 valence electrons. The van der Waals surface area contributed by atoms with Gasteiger partial charge >= 0.3 is 0 Å². The third-order valence-electron chi connectivity index (χ3n) is 3.79. The summed E-state index contributed by atoms with van der Waals surface area (Å²) in [6.45, 7) is 2.15. The standard InChI is InChI=1S/C20H19N3O3/c1-14(16-9-6-10-17(12-16)25-2)11-19-22-18(23-26-19)13-21-20(24)15-7-4-3-5-8-15/h3-12H,13H2,1-2H3,(H,21,24)/b14-11+. The molecule has 1 heterocycles. The fourth-order valence-electron chi connectivity index (χ4n) is 2.39. The quantitative estimate of drug-likeness (QED) is 0.736. The van der Waals surface area contributed by atoms with E-state index in [-0.39, 0.29) is 12.5 Å². The maximum atomic E-state index is 12.0. The number of amides is 1. The van der Waals surface area contributed by atoms with Crippen molar-refractivity contribution in [1.82, 2.24) is 15.5 Å². The number of ether oxygens (including phenoxy) is 1. The van der Waals surface area contributed by atoms with Gasteiger partial charge in [-0.05, 0) is 42.3 Å². The van der Waals surface area contributed by atoms with Crippen molar-refractivity contribution in [3.8, 4) is 5.75 Å². The third-order valence-corrected chi connectivity index (χ3v) is 3.79. The van der Waals surface area contributed by atoms with E-state index in [9.17, 15) is 4.79 Å². The molecule has 0 atom stereocenters. The summed E-state index contributed by atoms with van der Waals surface area (Å²) in [6.07, 6.45) is 1.80. The monoisotopic (exact) mass is 349 g/mol. The molecule has 6 nitrogen and oxygen atoms in total. The van der Waals surface area contributed by atoms with E-state index in [2.05, 4.69) is 15.5 Å². The van der Waals surface area contributed by atoms with Gasteiger partial charge in [0.1, 0.15) is 5.75 Å². The summed E-state index contributed by atoms with van der Waals surface area (Å²) in [5.41, 5.74) is 2.55. The maximum absolute atomic E-state index is 12.0. The molecule has 6 heteroatoms. The van der Waals surface area contributed by atoms with Crippen LogP contribution in [0.1, 0.15) is 34.6 Å². The van der Waals surface area contributed by atoms with Gasteiger partial charge in [0.25, 0.3) is 11.8 Å². The molecule has 2 aromatic carbocycles. The van der Waals surface area contributed by atoms with Gasteiger partial charge < -0.3 is 14.6 Å². The first-order valence-corrected chi connectivity index (χ1v) is 8.14. The van der Waals surface area contributed by atoms with Crippen LogP contribution in [0, 0.1) is 0 Å². The van der Waals surface area contributed by atoms with Crippen LogP contribution < -0.4 is 10.1 Å². The van der Waals surface area contributed by atoms with Gasteiger partial charge in [0, 0.05) is 11.6 Å². The Morgan fingerprint density at radius 2 is 1.92 bits per heavy atom. The minimum Gasteiger partial charge on any atom is -0.497 e. The molecule has 0 bridgehead atoms. The molecule has 0 unspecified atom stereocenters. The predicted octanol–water partition coefficient (Wildman–Crippen LogP) is 3.57. The zero-order chi connectivity index (χ0) is 18.4. The molecule has 0 fully saturated rings. The van der Waals surface area contributed by atoms with Gasteiger partial charge in [0.2, 0.25) is 0 Å². The number of allylic oxidation sites excluding steroid dienone is 1. The van der Waals surface area contributed by atoms with Crippen LogP contribution in [0.2, 0.25) is 0 Å². The lowest BCUT2D eigenvalue weighted by molar-refractivity contribution is 0.0949. The zero-order valence-corrected chi connectivity index (χ0v) is 14.6. The number of nitrogens with zero attached hydrogens (tertiary/aromatic N) is 2. The molecular weight excluding hydrogens is 330 g/mol. The highest BCUT2D eigenvalue weighted by Gasteiger charge is 2.09. The molecule has 26 heavy (non-hydrogen) atoms. The van der Waals surface area contributed by atoms with Crippen LogP contribution in [0.25, 0.3) is 11.6 Å². The van der Waals surface area contributed by atoms with Crippen molar-refractivity contribution < 1.29 is 14.1 Å². The van der Waals surface area contributed by atoms with Gasteiger partial charge in [-0.1, -0.05) is 35.5 Å². The Morgan fingerprint density at radius 3 is 2.69 bits per heavy atom. The molecule has 1 N–H and O–H groups in total. The number of rotatable bonds is 6. The number of hydrogen-bond donors (Lipinski definition) is 1. The van der Waals surface area contributed by atoms with E-state index >= 15 is 0 Å². The minimum absolute atomic E-state index is 0.181. The van der Waals surface area contributed by atoms with E-state index in [0.717, 1.165) is 16.9 Å². The Labute approximate surface area is 151 Å². The molecule has 1 amide bonds. The van der Waals surface area contributed by atoms with E-state index in [1.54, 1.807) is 25.3 Å². The topological polar surface area (TPSA) is 77.2 Å². The maximum Gasteiger partial charge on any atom is 0.251 e. The van der Waals surface area contributed by atoms with Crippen LogP contribution in [0.4, 0.5) is 0 Å². The largest absolute Gasteiger partial charge is 0.497 e. The van der Waals surface area contributed by atoms with Crippen molar-refractivity contribution in [2.24, 2.45) is 0 Å². The summed E-state index contributed by atoms with van der Waals surface area (Å²) < 4.78 is 10.5. The summed E-state index contributed by atoms with van der Waals surface area (Å²) in [5, 5.41) is 6.66. The Morgan fingerprint density at radius 1 is 1.15 bits per heavy atom. The number of carbonyl (C=O) groups is 1. The number of hydrogen-bond acceptors (Lipinski definition) is 5. The number of nitrogens with one attached hydrogen (secondary N) is 1. The lowest BCUT2D eigenvalue weighted by Gasteiger charge is -2.03. The highest BCUT2D eigenvalue weighted by atomic mass is 16.5. The molecule has 3 rings (SSSR count). The second-order valence-corrected chi connectivity index (χ2v) is 5.66. The first-order chi connectivity index (χ1) is 12.7. The van der Waals surface area contributed by atoms with Crippen LogP contribution in [-0.4, -0.2) is 23.2 Å². The van der Waals surface area contributed by atoms with E-state index < -0.39 is 0 Å². The van der Waals surface area contributed by atoms with Crippen LogP contribution >= 0.6 is 0 Å². The number of methoxy groups -OCH3 is 1. The fourth-order valence-corrected chi connectivity index (χ4v) is 2.39. The highest BCUT2D eigenvalue weighted by molar-refractivity contribution is 5.94. The van der Waals surface area contributed by atoms with Crippen molar-refractivity contribution in [2.45, 2.75) is 13.5 Å². The summed E-state index contributed by atoms with van der Waals surface area (Å²) >= 11 is 0. The average Bonchev–Trinajstić information content (AvgIpc) is 3.14. The lowest BCUT2D eigenvalue weighted by Crippen LogP contribution is -2.23. The van der Waals surface area contributed by atoms with Crippen molar-refractivity contribution in [3.05, 3.63) is 77.4 Å². The lowest BCUT2D eigenvalue weighted by atomic mass is 10.1. The van der Waals surface area contributed by atoms with Crippen molar-refractivity contribution in [1.29, 1.82) is 0 Å². The van der Waals surface area contributed by atoms with Crippen LogP contribution in [-0.2, 0) is 6.54 Å². The Bertz CT molecular complexity index is 917. The van der Waals surface area contributed by atoms with Gasteiger partial charge in [0.05, 0.1) is 13.7 Å². The van der Waals surface area contributed by atoms with Crippen molar-refractivity contribution in [3.63, 3.8) is 0 Å². The van der Waals surface area contributed by atoms with E-state index in [4.69, 9.17) is 9.26 Å². The summed E-state index contributed by atoms with van der Waals surface area (Å²) in [5.74, 6) is 1.40. The minimum atomic E-state index is -0.181. The van der Waals surface area contributed by atoms with Gasteiger partial charge in [-0.15, -0.1) is 0 Å². The molecule has 0 aliphatic carbocycles. The normalized spacial score (nSPS) is 11.2. The molecular formula is C20H19N3O3. The summed E-state index contributed by atoms with van der Waals surface area (Å²) in [6, 6.07) is 16.7. The van der Waals surface area contributed by atoms with Gasteiger partial charge in [-0.25, -0.2) is 0 Å². The highest BCUT2D eigenvalue weighted by Crippen LogP contribution is 2.21. The van der Waals surface area contributed by atoms with Crippen molar-refractivity contribution in [2.75, 3.05) is 7.11 Å². The molecule has 3 aromatic rings. The SMILES string of the molecule is COc1cccc(/C(C)=C/c2nc(CNC(=O)c3ccccc3)no2)c1. The first-order valence-electron chi connectivity index (χ1n) is 8.14. The zero-order valence-electron chi connectivity index (χ0n) is 14.6. The third kappa shape index (κ3) is 4.36. The van der Waals surface area contributed by atoms with Crippen molar-refractivity contribution >= 4 is 17.6 Å². The first kappa shape index (κ1) is 17.4. The Hall–Kier alpha value is -3.41. The van der Waals surface area contributed by atoms with E-state index in [1.807, 2.05) is 49.4 Å². The van der Waals surface area contributed by atoms with Crippen LogP contribution in [0.5, 0.6) is 5.75 Å². The smallest absolute Gasteiger partial charge is 0.251 e.